The fourth-order valence-corrected chi connectivity index (χ4v) is 3.15. The van der Waals surface area contributed by atoms with E-state index in [9.17, 15) is 0 Å². The predicted molar refractivity (Wildman–Crippen MR) is 69.2 cm³/mol. The third kappa shape index (κ3) is 3.20. The highest BCUT2D eigenvalue weighted by atomic mass is 79.9. The maximum Gasteiger partial charge on any atom is 0.0571 e. The minimum atomic E-state index is 0.349. The number of rotatable bonds is 3. The van der Waals surface area contributed by atoms with E-state index in [1.807, 2.05) is 24.0 Å². The number of aromatic nitrogens is 1. The summed E-state index contributed by atoms with van der Waals surface area (Å²) in [6.45, 7) is 2.18. The lowest BCUT2D eigenvalue weighted by Crippen LogP contribution is -2.31. The van der Waals surface area contributed by atoms with Crippen molar-refractivity contribution in [2.75, 3.05) is 11.5 Å². The molecule has 1 saturated heterocycles. The molecule has 0 amide bonds. The molecule has 1 aliphatic rings. The van der Waals surface area contributed by atoms with Gasteiger partial charge in [0.25, 0.3) is 0 Å². The molecular weight excluding hydrogens is 272 g/mol. The van der Waals surface area contributed by atoms with Gasteiger partial charge in [0, 0.05) is 28.5 Å². The molecule has 0 aromatic carbocycles. The van der Waals surface area contributed by atoms with Gasteiger partial charge in [0.05, 0.1) is 5.69 Å². The summed E-state index contributed by atoms with van der Waals surface area (Å²) in [5.41, 5.74) is 1.12. The van der Waals surface area contributed by atoms with E-state index in [2.05, 4.69) is 39.2 Å². The van der Waals surface area contributed by atoms with Gasteiger partial charge in [-0.3, -0.25) is 4.98 Å². The zero-order valence-corrected chi connectivity index (χ0v) is 11.1. The van der Waals surface area contributed by atoms with Crippen molar-refractivity contribution in [3.8, 4) is 0 Å². The number of thioether (sulfide) groups is 1. The second kappa shape index (κ2) is 5.32. The van der Waals surface area contributed by atoms with Crippen LogP contribution in [0.2, 0.25) is 0 Å². The molecule has 0 unspecified atom stereocenters. The van der Waals surface area contributed by atoms with Crippen molar-refractivity contribution in [3.05, 3.63) is 28.5 Å². The lowest BCUT2D eigenvalue weighted by atomic mass is 10.1. The SMILES string of the molecule is C[C@@H](N[C@@H]1CCSC1)c1ccc(Br)cn1. The van der Waals surface area contributed by atoms with Gasteiger partial charge in [-0.05, 0) is 47.2 Å². The molecule has 2 atom stereocenters. The monoisotopic (exact) mass is 286 g/mol. The maximum absolute atomic E-state index is 4.40. The summed E-state index contributed by atoms with van der Waals surface area (Å²) in [5, 5.41) is 3.62. The van der Waals surface area contributed by atoms with Crippen molar-refractivity contribution < 1.29 is 0 Å². The average molecular weight is 287 g/mol. The average Bonchev–Trinajstić information content (AvgIpc) is 2.71. The molecule has 0 radical (unpaired) electrons. The van der Waals surface area contributed by atoms with Crippen LogP contribution < -0.4 is 5.32 Å². The van der Waals surface area contributed by atoms with Crippen LogP contribution in [0.3, 0.4) is 0 Å². The lowest BCUT2D eigenvalue weighted by Gasteiger charge is -2.18. The molecule has 0 bridgehead atoms. The van der Waals surface area contributed by atoms with E-state index in [0.717, 1.165) is 10.2 Å². The molecule has 2 nitrogen and oxygen atoms in total. The molecule has 2 heterocycles. The third-order valence-electron chi connectivity index (χ3n) is 2.61. The molecule has 0 saturated carbocycles. The van der Waals surface area contributed by atoms with Crippen LogP contribution in [0, 0.1) is 0 Å². The molecule has 15 heavy (non-hydrogen) atoms. The molecule has 0 spiro atoms. The highest BCUT2D eigenvalue weighted by Gasteiger charge is 2.18. The van der Waals surface area contributed by atoms with Crippen LogP contribution in [0.1, 0.15) is 25.1 Å². The number of nitrogens with one attached hydrogen (secondary N) is 1. The highest BCUT2D eigenvalue weighted by molar-refractivity contribution is 9.10. The van der Waals surface area contributed by atoms with E-state index < -0.39 is 0 Å². The Bertz CT molecular complexity index is 309. The quantitative estimate of drug-likeness (QED) is 0.925. The van der Waals surface area contributed by atoms with Gasteiger partial charge in [0.2, 0.25) is 0 Å². The van der Waals surface area contributed by atoms with Crippen LogP contribution in [-0.2, 0) is 0 Å². The standard InChI is InChI=1S/C11H15BrN2S/c1-8(14-10-4-5-15-7-10)11-3-2-9(12)6-13-11/h2-3,6,8,10,14H,4-5,7H2,1H3/t8-,10-/m1/s1. The number of hydrogen-bond donors (Lipinski definition) is 1. The predicted octanol–water partition coefficient (Wildman–Crippen LogP) is 3.00. The number of pyridine rings is 1. The molecule has 1 aliphatic heterocycles. The zero-order valence-electron chi connectivity index (χ0n) is 8.74. The van der Waals surface area contributed by atoms with Crippen molar-refractivity contribution in [1.82, 2.24) is 10.3 Å². The Morgan fingerprint density at radius 3 is 3.07 bits per heavy atom. The van der Waals surface area contributed by atoms with Gasteiger partial charge in [-0.25, -0.2) is 0 Å². The second-order valence-corrected chi connectivity index (χ2v) is 5.92. The van der Waals surface area contributed by atoms with Crippen molar-refractivity contribution in [2.24, 2.45) is 0 Å². The summed E-state index contributed by atoms with van der Waals surface area (Å²) < 4.78 is 1.04. The summed E-state index contributed by atoms with van der Waals surface area (Å²) in [7, 11) is 0. The summed E-state index contributed by atoms with van der Waals surface area (Å²) in [5.74, 6) is 2.53. The van der Waals surface area contributed by atoms with Gasteiger partial charge >= 0.3 is 0 Å². The third-order valence-corrected chi connectivity index (χ3v) is 4.24. The molecule has 82 valence electrons. The van der Waals surface area contributed by atoms with Crippen LogP contribution >= 0.6 is 27.7 Å². The van der Waals surface area contributed by atoms with Crippen LogP contribution in [-0.4, -0.2) is 22.5 Å². The van der Waals surface area contributed by atoms with Crippen molar-refractivity contribution >= 4 is 27.7 Å². The normalized spacial score (nSPS) is 22.9. The number of hydrogen-bond acceptors (Lipinski definition) is 3. The summed E-state index contributed by atoms with van der Waals surface area (Å²) in [6, 6.07) is 5.13. The molecular formula is C11H15BrN2S. The van der Waals surface area contributed by atoms with Crippen LogP contribution in [0.25, 0.3) is 0 Å². The largest absolute Gasteiger partial charge is 0.305 e. The Kier molecular flexibility index (Phi) is 4.05. The zero-order chi connectivity index (χ0) is 10.7. The summed E-state index contributed by atoms with van der Waals surface area (Å²) in [4.78, 5) is 4.40. The maximum atomic E-state index is 4.40. The molecule has 1 N–H and O–H groups in total. The van der Waals surface area contributed by atoms with E-state index >= 15 is 0 Å². The Hall–Kier alpha value is -0.0600. The van der Waals surface area contributed by atoms with E-state index in [-0.39, 0.29) is 0 Å². The number of halogens is 1. The minimum absolute atomic E-state index is 0.349. The Morgan fingerprint density at radius 2 is 2.47 bits per heavy atom. The molecule has 2 rings (SSSR count). The Labute approximate surface area is 103 Å². The van der Waals surface area contributed by atoms with E-state index in [1.54, 1.807) is 0 Å². The lowest BCUT2D eigenvalue weighted by molar-refractivity contribution is 0.478. The van der Waals surface area contributed by atoms with Crippen LogP contribution in [0.5, 0.6) is 0 Å². The second-order valence-electron chi connectivity index (χ2n) is 3.85. The molecule has 1 aromatic rings. The Morgan fingerprint density at radius 1 is 1.60 bits per heavy atom. The first-order chi connectivity index (χ1) is 7.25. The van der Waals surface area contributed by atoms with Crippen LogP contribution in [0.4, 0.5) is 0 Å². The summed E-state index contributed by atoms with van der Waals surface area (Å²) in [6.07, 6.45) is 3.14. The first kappa shape index (κ1) is 11.4. The first-order valence-electron chi connectivity index (χ1n) is 5.21. The van der Waals surface area contributed by atoms with Crippen molar-refractivity contribution in [1.29, 1.82) is 0 Å². The number of nitrogens with zero attached hydrogens (tertiary/aromatic N) is 1. The van der Waals surface area contributed by atoms with Crippen LogP contribution in [0.15, 0.2) is 22.8 Å². The molecule has 1 aromatic heterocycles. The smallest absolute Gasteiger partial charge is 0.0571 e. The van der Waals surface area contributed by atoms with Gasteiger partial charge in [0.1, 0.15) is 0 Å². The van der Waals surface area contributed by atoms with Gasteiger partial charge in [-0.1, -0.05) is 0 Å². The van der Waals surface area contributed by atoms with Gasteiger partial charge in [0.15, 0.2) is 0 Å². The topological polar surface area (TPSA) is 24.9 Å². The molecule has 4 heteroatoms. The minimum Gasteiger partial charge on any atom is -0.305 e. The van der Waals surface area contributed by atoms with Gasteiger partial charge in [-0.15, -0.1) is 0 Å². The fraction of sp³-hybridized carbons (Fsp3) is 0.545. The van der Waals surface area contributed by atoms with Crippen molar-refractivity contribution in [3.63, 3.8) is 0 Å². The summed E-state index contributed by atoms with van der Waals surface area (Å²) >= 11 is 5.43. The van der Waals surface area contributed by atoms with Gasteiger partial charge < -0.3 is 5.32 Å². The van der Waals surface area contributed by atoms with E-state index in [1.165, 1.54) is 17.9 Å². The van der Waals surface area contributed by atoms with Crippen molar-refractivity contribution in [2.45, 2.75) is 25.4 Å². The first-order valence-corrected chi connectivity index (χ1v) is 7.16. The van der Waals surface area contributed by atoms with E-state index in [0.29, 0.717) is 12.1 Å². The molecule has 0 aliphatic carbocycles. The highest BCUT2D eigenvalue weighted by Crippen LogP contribution is 2.20. The van der Waals surface area contributed by atoms with E-state index in [4.69, 9.17) is 0 Å². The fourth-order valence-electron chi connectivity index (χ4n) is 1.75. The molecule has 1 fully saturated rings. The Balaban J connectivity index is 1.94. The van der Waals surface area contributed by atoms with Gasteiger partial charge in [-0.2, -0.15) is 11.8 Å².